The molecular weight excluding hydrogens is 384 g/mol. The van der Waals surface area contributed by atoms with Crippen molar-refractivity contribution in [1.29, 1.82) is 0 Å². The minimum Gasteiger partial charge on any atom is -0.497 e. The van der Waals surface area contributed by atoms with Crippen LogP contribution in [0.2, 0.25) is 0 Å². The van der Waals surface area contributed by atoms with E-state index in [1.807, 2.05) is 19.9 Å². The van der Waals surface area contributed by atoms with Crippen LogP contribution in [0.15, 0.2) is 59.6 Å². The van der Waals surface area contributed by atoms with Gasteiger partial charge in [-0.15, -0.1) is 0 Å². The lowest BCUT2D eigenvalue weighted by molar-refractivity contribution is 0.102. The van der Waals surface area contributed by atoms with E-state index in [2.05, 4.69) is 25.4 Å². The molecule has 3 heterocycles. The summed E-state index contributed by atoms with van der Waals surface area (Å²) < 4.78 is 12.1. The first-order chi connectivity index (χ1) is 14.5. The molecule has 0 spiro atoms. The average molecular weight is 404 g/mol. The van der Waals surface area contributed by atoms with Crippen LogP contribution in [0.4, 0.5) is 5.69 Å². The number of carbonyl (C=O) groups is 1. The Bertz CT molecular complexity index is 1160. The second-order valence-corrected chi connectivity index (χ2v) is 6.87. The number of hydrogen-bond acceptors (Lipinski definition) is 7. The maximum absolute atomic E-state index is 12.5. The minimum absolute atomic E-state index is 0.183. The number of benzene rings is 1. The molecule has 1 aromatic carbocycles. The summed E-state index contributed by atoms with van der Waals surface area (Å²) in [6.07, 6.45) is 4.79. The van der Waals surface area contributed by atoms with Gasteiger partial charge >= 0.3 is 0 Å². The zero-order valence-corrected chi connectivity index (χ0v) is 16.7. The van der Waals surface area contributed by atoms with Gasteiger partial charge in [0.1, 0.15) is 23.6 Å². The fraction of sp³-hybridized carbons (Fsp3) is 0.190. The number of amides is 1. The van der Waals surface area contributed by atoms with Gasteiger partial charge in [0.15, 0.2) is 5.82 Å². The van der Waals surface area contributed by atoms with Crippen LogP contribution in [-0.4, -0.2) is 37.7 Å². The predicted octanol–water partition coefficient (Wildman–Crippen LogP) is 3.70. The summed E-state index contributed by atoms with van der Waals surface area (Å²) in [6, 6.07) is 10.7. The first-order valence-corrected chi connectivity index (χ1v) is 9.33. The zero-order chi connectivity index (χ0) is 21.1. The Morgan fingerprint density at radius 2 is 2.07 bits per heavy atom. The Balaban J connectivity index is 1.48. The van der Waals surface area contributed by atoms with Gasteiger partial charge in [-0.1, -0.05) is 25.1 Å². The molecule has 9 nitrogen and oxygen atoms in total. The maximum Gasteiger partial charge on any atom is 0.275 e. The van der Waals surface area contributed by atoms with Crippen LogP contribution in [0.25, 0.3) is 17.3 Å². The monoisotopic (exact) mass is 404 g/mol. The highest BCUT2D eigenvalue weighted by molar-refractivity contribution is 6.02. The van der Waals surface area contributed by atoms with Crippen molar-refractivity contribution in [3.8, 4) is 23.0 Å². The first kappa shape index (κ1) is 19.3. The van der Waals surface area contributed by atoms with Crippen molar-refractivity contribution in [2.45, 2.75) is 19.8 Å². The van der Waals surface area contributed by atoms with E-state index in [4.69, 9.17) is 9.26 Å². The van der Waals surface area contributed by atoms with Crippen molar-refractivity contribution in [2.24, 2.45) is 0 Å². The number of anilines is 1. The molecule has 0 aliphatic heterocycles. The fourth-order valence-corrected chi connectivity index (χ4v) is 2.71. The number of imidazole rings is 1. The first-order valence-electron chi connectivity index (χ1n) is 9.33. The van der Waals surface area contributed by atoms with Crippen LogP contribution in [0.1, 0.15) is 36.1 Å². The van der Waals surface area contributed by atoms with E-state index in [1.165, 1.54) is 6.33 Å². The molecule has 30 heavy (non-hydrogen) atoms. The molecule has 0 radical (unpaired) electrons. The molecule has 0 saturated heterocycles. The summed E-state index contributed by atoms with van der Waals surface area (Å²) in [5.41, 5.74) is 1.60. The molecule has 4 aromatic rings. The summed E-state index contributed by atoms with van der Waals surface area (Å²) in [5, 5.41) is 6.76. The molecule has 0 fully saturated rings. The smallest absolute Gasteiger partial charge is 0.275 e. The van der Waals surface area contributed by atoms with Crippen LogP contribution in [0, 0.1) is 0 Å². The van der Waals surface area contributed by atoms with E-state index in [1.54, 1.807) is 54.4 Å². The molecule has 4 rings (SSSR count). The lowest BCUT2D eigenvalue weighted by Gasteiger charge is -2.05. The van der Waals surface area contributed by atoms with E-state index < -0.39 is 0 Å². The Kier molecular flexibility index (Phi) is 5.25. The highest BCUT2D eigenvalue weighted by Crippen LogP contribution is 2.21. The van der Waals surface area contributed by atoms with E-state index >= 15 is 0 Å². The Labute approximate surface area is 172 Å². The standard InChI is InChI=1S/C21H20N6O3/c1-13(2)19-25-21(30-26-19)14-7-8-18(22-10-14)27-11-17(23-12-27)20(28)24-15-5-4-6-16(9-15)29-3/h4-13H,1-3H3,(H,24,28). The number of nitrogens with zero attached hydrogens (tertiary/aromatic N) is 5. The predicted molar refractivity (Wildman–Crippen MR) is 110 cm³/mol. The molecule has 0 bridgehead atoms. The molecule has 1 N–H and O–H groups in total. The molecule has 0 atom stereocenters. The van der Waals surface area contributed by atoms with Crippen LogP contribution >= 0.6 is 0 Å². The summed E-state index contributed by atoms with van der Waals surface area (Å²) in [7, 11) is 1.57. The molecule has 3 aromatic heterocycles. The molecule has 0 aliphatic rings. The second-order valence-electron chi connectivity index (χ2n) is 6.87. The lowest BCUT2D eigenvalue weighted by atomic mass is 10.2. The number of hydrogen-bond donors (Lipinski definition) is 1. The SMILES string of the molecule is COc1cccc(NC(=O)c2cn(-c3ccc(-c4nc(C(C)C)no4)cn3)cn2)c1. The number of methoxy groups -OCH3 is 1. The molecule has 0 aliphatic carbocycles. The van der Waals surface area contributed by atoms with Crippen LogP contribution < -0.4 is 10.1 Å². The van der Waals surface area contributed by atoms with E-state index in [-0.39, 0.29) is 17.5 Å². The average Bonchev–Trinajstić information content (AvgIpc) is 3.44. The number of nitrogens with one attached hydrogen (secondary N) is 1. The zero-order valence-electron chi connectivity index (χ0n) is 16.7. The highest BCUT2D eigenvalue weighted by atomic mass is 16.5. The summed E-state index contributed by atoms with van der Waals surface area (Å²) in [4.78, 5) is 25.4. The van der Waals surface area contributed by atoms with Crippen molar-refractivity contribution in [2.75, 3.05) is 12.4 Å². The van der Waals surface area contributed by atoms with Gasteiger partial charge in [0, 0.05) is 30.1 Å². The van der Waals surface area contributed by atoms with E-state index in [0.29, 0.717) is 34.5 Å². The summed E-state index contributed by atoms with van der Waals surface area (Å²) in [6.45, 7) is 3.99. The Hall–Kier alpha value is -4.01. The van der Waals surface area contributed by atoms with Crippen molar-refractivity contribution in [3.05, 3.63) is 66.6 Å². The largest absolute Gasteiger partial charge is 0.497 e. The van der Waals surface area contributed by atoms with Crippen molar-refractivity contribution >= 4 is 11.6 Å². The Morgan fingerprint density at radius 1 is 1.20 bits per heavy atom. The van der Waals surface area contributed by atoms with Gasteiger partial charge in [0.25, 0.3) is 11.8 Å². The normalized spacial score (nSPS) is 10.9. The molecule has 1 amide bonds. The van der Waals surface area contributed by atoms with Gasteiger partial charge in [-0.2, -0.15) is 4.98 Å². The molecule has 152 valence electrons. The van der Waals surface area contributed by atoms with Gasteiger partial charge < -0.3 is 14.6 Å². The number of pyridine rings is 1. The van der Waals surface area contributed by atoms with Crippen molar-refractivity contribution in [3.63, 3.8) is 0 Å². The van der Waals surface area contributed by atoms with Crippen molar-refractivity contribution < 1.29 is 14.1 Å². The molecular formula is C21H20N6O3. The summed E-state index contributed by atoms with van der Waals surface area (Å²) >= 11 is 0. The summed E-state index contributed by atoms with van der Waals surface area (Å²) in [5.74, 6) is 2.18. The third kappa shape index (κ3) is 4.04. The number of ether oxygens (including phenoxy) is 1. The number of aromatic nitrogens is 5. The van der Waals surface area contributed by atoms with E-state index in [0.717, 1.165) is 0 Å². The number of carbonyl (C=O) groups excluding carboxylic acids is 1. The van der Waals surface area contributed by atoms with Crippen LogP contribution in [-0.2, 0) is 0 Å². The minimum atomic E-state index is -0.328. The fourth-order valence-electron chi connectivity index (χ4n) is 2.71. The Morgan fingerprint density at radius 3 is 2.77 bits per heavy atom. The topological polar surface area (TPSA) is 108 Å². The lowest BCUT2D eigenvalue weighted by Crippen LogP contribution is -2.12. The third-order valence-electron chi connectivity index (χ3n) is 4.36. The van der Waals surface area contributed by atoms with Crippen LogP contribution in [0.3, 0.4) is 0 Å². The highest BCUT2D eigenvalue weighted by Gasteiger charge is 2.14. The van der Waals surface area contributed by atoms with Gasteiger partial charge in [0.2, 0.25) is 0 Å². The van der Waals surface area contributed by atoms with Gasteiger partial charge in [-0.05, 0) is 24.3 Å². The van der Waals surface area contributed by atoms with E-state index in [9.17, 15) is 4.79 Å². The molecule has 0 saturated carbocycles. The molecule has 0 unspecified atom stereocenters. The van der Waals surface area contributed by atoms with Gasteiger partial charge in [-0.3, -0.25) is 9.36 Å². The van der Waals surface area contributed by atoms with Crippen LogP contribution in [0.5, 0.6) is 5.75 Å². The number of rotatable bonds is 6. The van der Waals surface area contributed by atoms with Gasteiger partial charge in [0.05, 0.1) is 12.7 Å². The van der Waals surface area contributed by atoms with Crippen molar-refractivity contribution in [1.82, 2.24) is 24.7 Å². The maximum atomic E-state index is 12.5. The third-order valence-corrected chi connectivity index (χ3v) is 4.36. The quantitative estimate of drug-likeness (QED) is 0.522. The second kappa shape index (κ2) is 8.16. The molecule has 9 heteroatoms. The van der Waals surface area contributed by atoms with Gasteiger partial charge in [-0.25, -0.2) is 9.97 Å².